The first kappa shape index (κ1) is 12.5. The molecule has 0 aliphatic heterocycles. The molecule has 5 heteroatoms. The fraction of sp³-hybridized carbons (Fsp3) is 0.500. The summed E-state index contributed by atoms with van der Waals surface area (Å²) >= 11 is 2.19. The van der Waals surface area contributed by atoms with Gasteiger partial charge in [-0.3, -0.25) is 0 Å². The summed E-state index contributed by atoms with van der Waals surface area (Å²) in [5.74, 6) is 1.38. The fourth-order valence-electron chi connectivity index (χ4n) is 1.11. The molecular weight excluding hydrogens is 309 g/mol. The van der Waals surface area contributed by atoms with Gasteiger partial charge in [0.1, 0.15) is 0 Å². The second kappa shape index (κ2) is 6.12. The summed E-state index contributed by atoms with van der Waals surface area (Å²) < 4.78 is 16.5. The van der Waals surface area contributed by atoms with E-state index in [4.69, 9.17) is 14.2 Å². The number of pyridine rings is 1. The van der Waals surface area contributed by atoms with Crippen LogP contribution in [-0.4, -0.2) is 25.5 Å². The van der Waals surface area contributed by atoms with Crippen LogP contribution in [0.5, 0.6) is 11.6 Å². The molecule has 84 valence electrons. The Kier molecular flexibility index (Phi) is 5.10. The second-order valence-electron chi connectivity index (χ2n) is 2.84. The first-order chi connectivity index (χ1) is 7.19. The van der Waals surface area contributed by atoms with Crippen LogP contribution in [0.3, 0.4) is 0 Å². The van der Waals surface area contributed by atoms with Crippen molar-refractivity contribution in [1.82, 2.24) is 4.98 Å². The van der Waals surface area contributed by atoms with Gasteiger partial charge in [-0.2, -0.15) is 0 Å². The fourth-order valence-corrected chi connectivity index (χ4v) is 1.92. The highest BCUT2D eigenvalue weighted by Gasteiger charge is 2.09. The summed E-state index contributed by atoms with van der Waals surface area (Å²) in [7, 11) is 1.59. The van der Waals surface area contributed by atoms with Gasteiger partial charge in [-0.25, -0.2) is 4.98 Å². The van der Waals surface area contributed by atoms with Gasteiger partial charge in [0.2, 0.25) is 5.88 Å². The number of halogens is 1. The van der Waals surface area contributed by atoms with Crippen molar-refractivity contribution >= 4 is 22.6 Å². The topological polar surface area (TPSA) is 40.6 Å². The minimum atomic E-state index is 0.229. The van der Waals surface area contributed by atoms with Gasteiger partial charge < -0.3 is 14.2 Å². The number of aromatic nitrogens is 1. The van der Waals surface area contributed by atoms with Gasteiger partial charge in [-0.05, 0) is 36.4 Å². The van der Waals surface area contributed by atoms with Gasteiger partial charge in [0.15, 0.2) is 12.5 Å². The average Bonchev–Trinajstić information content (AvgIpc) is 2.17. The molecule has 0 fully saturated rings. The van der Waals surface area contributed by atoms with Crippen molar-refractivity contribution in [2.45, 2.75) is 13.8 Å². The number of methoxy groups -OCH3 is 1. The van der Waals surface area contributed by atoms with Crippen LogP contribution in [0.4, 0.5) is 0 Å². The molecule has 15 heavy (non-hydrogen) atoms. The molecule has 0 amide bonds. The van der Waals surface area contributed by atoms with E-state index in [-0.39, 0.29) is 6.79 Å². The van der Waals surface area contributed by atoms with Crippen LogP contribution >= 0.6 is 22.6 Å². The van der Waals surface area contributed by atoms with Gasteiger partial charge in [-0.15, -0.1) is 0 Å². The van der Waals surface area contributed by atoms with Gasteiger partial charge in [0.25, 0.3) is 0 Å². The summed E-state index contributed by atoms with van der Waals surface area (Å²) in [6, 6.07) is 1.85. The standard InChI is InChI=1S/C10H14INO3/c1-4-14-9-5-8(11)10(7(2)12-9)15-6-13-3/h5H,4,6H2,1-3H3. The highest BCUT2D eigenvalue weighted by Crippen LogP contribution is 2.27. The van der Waals surface area contributed by atoms with E-state index >= 15 is 0 Å². The molecule has 0 spiro atoms. The Morgan fingerprint density at radius 2 is 2.13 bits per heavy atom. The van der Waals surface area contributed by atoms with E-state index in [1.54, 1.807) is 7.11 Å². The molecule has 0 aliphatic carbocycles. The SMILES string of the molecule is CCOc1cc(I)c(OCOC)c(C)n1. The predicted octanol–water partition coefficient (Wildman–Crippen LogP) is 2.38. The van der Waals surface area contributed by atoms with Crippen LogP contribution in [0.2, 0.25) is 0 Å². The Hall–Kier alpha value is -0.560. The smallest absolute Gasteiger partial charge is 0.214 e. The van der Waals surface area contributed by atoms with E-state index in [0.29, 0.717) is 12.5 Å². The minimum absolute atomic E-state index is 0.229. The van der Waals surface area contributed by atoms with Gasteiger partial charge in [-0.1, -0.05) is 0 Å². The molecule has 0 N–H and O–H groups in total. The van der Waals surface area contributed by atoms with Gasteiger partial charge >= 0.3 is 0 Å². The molecular formula is C10H14INO3. The summed E-state index contributed by atoms with van der Waals surface area (Å²) in [5.41, 5.74) is 0.808. The van der Waals surface area contributed by atoms with Crippen molar-refractivity contribution in [1.29, 1.82) is 0 Å². The molecule has 0 aromatic carbocycles. The number of aryl methyl sites for hydroxylation is 1. The Morgan fingerprint density at radius 3 is 2.67 bits per heavy atom. The predicted molar refractivity (Wildman–Crippen MR) is 65.4 cm³/mol. The largest absolute Gasteiger partial charge is 0.478 e. The van der Waals surface area contributed by atoms with Gasteiger partial charge in [0.05, 0.1) is 15.9 Å². The Morgan fingerprint density at radius 1 is 1.40 bits per heavy atom. The monoisotopic (exact) mass is 323 g/mol. The molecule has 0 unspecified atom stereocenters. The van der Waals surface area contributed by atoms with Crippen LogP contribution in [0.1, 0.15) is 12.6 Å². The normalized spacial score (nSPS) is 10.1. The second-order valence-corrected chi connectivity index (χ2v) is 4.00. The third-order valence-electron chi connectivity index (χ3n) is 1.69. The van der Waals surface area contributed by atoms with Crippen molar-refractivity contribution in [3.8, 4) is 11.6 Å². The third kappa shape index (κ3) is 3.49. The maximum atomic E-state index is 5.40. The van der Waals surface area contributed by atoms with E-state index in [9.17, 15) is 0 Å². The number of ether oxygens (including phenoxy) is 3. The number of rotatable bonds is 5. The summed E-state index contributed by atoms with van der Waals surface area (Å²) in [4.78, 5) is 4.27. The lowest BCUT2D eigenvalue weighted by Crippen LogP contribution is -2.04. The van der Waals surface area contributed by atoms with Crippen molar-refractivity contribution in [2.75, 3.05) is 20.5 Å². The van der Waals surface area contributed by atoms with Crippen molar-refractivity contribution in [3.05, 3.63) is 15.3 Å². The zero-order valence-electron chi connectivity index (χ0n) is 9.04. The molecule has 1 aromatic rings. The quantitative estimate of drug-likeness (QED) is 0.616. The molecule has 0 saturated heterocycles. The zero-order valence-corrected chi connectivity index (χ0v) is 11.2. The minimum Gasteiger partial charge on any atom is -0.478 e. The van der Waals surface area contributed by atoms with E-state index in [2.05, 4.69) is 27.6 Å². The van der Waals surface area contributed by atoms with Crippen molar-refractivity contribution < 1.29 is 14.2 Å². The molecule has 0 aliphatic rings. The number of hydrogen-bond acceptors (Lipinski definition) is 4. The van der Waals surface area contributed by atoms with Crippen molar-refractivity contribution in [3.63, 3.8) is 0 Å². The molecule has 4 nitrogen and oxygen atoms in total. The lowest BCUT2D eigenvalue weighted by molar-refractivity contribution is 0.0495. The summed E-state index contributed by atoms with van der Waals surface area (Å²) in [5, 5.41) is 0. The highest BCUT2D eigenvalue weighted by molar-refractivity contribution is 14.1. The Labute approximate surface area is 103 Å². The molecule has 1 aromatic heterocycles. The highest BCUT2D eigenvalue weighted by atomic mass is 127. The van der Waals surface area contributed by atoms with E-state index in [1.807, 2.05) is 19.9 Å². The first-order valence-corrected chi connectivity index (χ1v) is 5.68. The maximum absolute atomic E-state index is 5.40. The van der Waals surface area contributed by atoms with Crippen molar-refractivity contribution in [2.24, 2.45) is 0 Å². The summed E-state index contributed by atoms with van der Waals surface area (Å²) in [6.45, 7) is 4.65. The molecule has 0 bridgehead atoms. The zero-order chi connectivity index (χ0) is 11.3. The van der Waals surface area contributed by atoms with Crippen LogP contribution in [0.25, 0.3) is 0 Å². The van der Waals surface area contributed by atoms with Gasteiger partial charge in [0, 0.05) is 13.2 Å². The summed E-state index contributed by atoms with van der Waals surface area (Å²) in [6.07, 6.45) is 0. The van der Waals surface area contributed by atoms with Crippen LogP contribution in [0.15, 0.2) is 6.07 Å². The first-order valence-electron chi connectivity index (χ1n) is 4.60. The molecule has 0 saturated carbocycles. The van der Waals surface area contributed by atoms with Crippen LogP contribution in [0, 0.1) is 10.5 Å². The van der Waals surface area contributed by atoms with Crippen LogP contribution in [-0.2, 0) is 4.74 Å². The molecule has 0 atom stereocenters. The Balaban J connectivity index is 2.88. The van der Waals surface area contributed by atoms with E-state index < -0.39 is 0 Å². The molecule has 0 radical (unpaired) electrons. The van der Waals surface area contributed by atoms with Crippen LogP contribution < -0.4 is 9.47 Å². The lowest BCUT2D eigenvalue weighted by Gasteiger charge is -2.11. The number of nitrogens with zero attached hydrogens (tertiary/aromatic N) is 1. The number of hydrogen-bond donors (Lipinski definition) is 0. The third-order valence-corrected chi connectivity index (χ3v) is 2.49. The average molecular weight is 323 g/mol. The molecule has 1 rings (SSSR count). The van der Waals surface area contributed by atoms with E-state index in [1.165, 1.54) is 0 Å². The Bertz CT molecular complexity index is 307. The van der Waals surface area contributed by atoms with E-state index in [0.717, 1.165) is 15.0 Å². The maximum Gasteiger partial charge on any atom is 0.214 e. The lowest BCUT2D eigenvalue weighted by atomic mass is 10.3. The molecule has 1 heterocycles.